The smallest absolute Gasteiger partial charge is 0.230 e. The fourth-order valence-corrected chi connectivity index (χ4v) is 2.17. The SMILES string of the molecule is CC(c1ccc(C#CCN)cc1)N1C(=O)CCC1=O. The molecule has 4 heteroatoms. The van der Waals surface area contributed by atoms with Gasteiger partial charge in [-0.25, -0.2) is 0 Å². The van der Waals surface area contributed by atoms with Gasteiger partial charge in [0.1, 0.15) is 0 Å². The second-order valence-electron chi connectivity index (χ2n) is 4.46. The molecule has 1 fully saturated rings. The molecule has 1 aromatic carbocycles. The van der Waals surface area contributed by atoms with Gasteiger partial charge in [-0.05, 0) is 24.6 Å². The molecule has 0 aliphatic carbocycles. The normalized spacial score (nSPS) is 16.2. The molecule has 1 unspecified atom stereocenters. The summed E-state index contributed by atoms with van der Waals surface area (Å²) in [5.41, 5.74) is 7.12. The van der Waals surface area contributed by atoms with Crippen LogP contribution in [0.3, 0.4) is 0 Å². The van der Waals surface area contributed by atoms with Gasteiger partial charge in [0.2, 0.25) is 11.8 Å². The number of carbonyl (C=O) groups excluding carboxylic acids is 2. The minimum absolute atomic E-state index is 0.0931. The first kappa shape index (κ1) is 13.3. The van der Waals surface area contributed by atoms with Crippen molar-refractivity contribution in [1.29, 1.82) is 0 Å². The van der Waals surface area contributed by atoms with E-state index in [1.807, 2.05) is 31.2 Å². The number of rotatable bonds is 2. The quantitative estimate of drug-likeness (QED) is 0.639. The van der Waals surface area contributed by atoms with Crippen LogP contribution in [0, 0.1) is 11.8 Å². The van der Waals surface area contributed by atoms with Gasteiger partial charge in [0.05, 0.1) is 12.6 Å². The van der Waals surface area contributed by atoms with Crippen molar-refractivity contribution in [3.63, 3.8) is 0 Å². The summed E-state index contributed by atoms with van der Waals surface area (Å²) in [7, 11) is 0. The number of benzene rings is 1. The first-order valence-electron chi connectivity index (χ1n) is 6.27. The lowest BCUT2D eigenvalue weighted by Gasteiger charge is -2.22. The van der Waals surface area contributed by atoms with Crippen LogP contribution < -0.4 is 5.73 Å². The van der Waals surface area contributed by atoms with Crippen LogP contribution in [0.25, 0.3) is 0 Å². The molecule has 1 atom stereocenters. The molecule has 1 aliphatic heterocycles. The van der Waals surface area contributed by atoms with Crippen molar-refractivity contribution in [1.82, 2.24) is 4.90 Å². The first-order valence-corrected chi connectivity index (χ1v) is 6.27. The maximum Gasteiger partial charge on any atom is 0.230 e. The van der Waals surface area contributed by atoms with Crippen LogP contribution in [0.4, 0.5) is 0 Å². The number of likely N-dealkylation sites (tertiary alicyclic amines) is 1. The third kappa shape index (κ3) is 2.83. The number of hydrogen-bond acceptors (Lipinski definition) is 3. The lowest BCUT2D eigenvalue weighted by Crippen LogP contribution is -2.31. The molecular weight excluding hydrogens is 240 g/mol. The highest BCUT2D eigenvalue weighted by Gasteiger charge is 2.33. The fourth-order valence-electron chi connectivity index (χ4n) is 2.17. The van der Waals surface area contributed by atoms with Crippen LogP contribution in [0.15, 0.2) is 24.3 Å². The van der Waals surface area contributed by atoms with Crippen LogP contribution in [0.5, 0.6) is 0 Å². The lowest BCUT2D eigenvalue weighted by molar-refractivity contribution is -0.140. The van der Waals surface area contributed by atoms with Crippen molar-refractivity contribution in [2.24, 2.45) is 5.73 Å². The van der Waals surface area contributed by atoms with Gasteiger partial charge in [-0.3, -0.25) is 14.5 Å². The van der Waals surface area contributed by atoms with Crippen LogP contribution in [0.2, 0.25) is 0 Å². The zero-order valence-corrected chi connectivity index (χ0v) is 10.8. The summed E-state index contributed by atoms with van der Waals surface area (Å²) in [5, 5.41) is 0. The Morgan fingerprint density at radius 3 is 2.32 bits per heavy atom. The molecule has 0 spiro atoms. The molecule has 0 bridgehead atoms. The Morgan fingerprint density at radius 1 is 1.21 bits per heavy atom. The Kier molecular flexibility index (Phi) is 3.98. The van der Waals surface area contributed by atoms with E-state index in [-0.39, 0.29) is 17.9 Å². The average molecular weight is 256 g/mol. The second-order valence-corrected chi connectivity index (χ2v) is 4.46. The van der Waals surface area contributed by atoms with E-state index in [1.165, 1.54) is 4.90 Å². The van der Waals surface area contributed by atoms with E-state index in [4.69, 9.17) is 5.73 Å². The van der Waals surface area contributed by atoms with Gasteiger partial charge in [0.15, 0.2) is 0 Å². The second kappa shape index (κ2) is 5.68. The lowest BCUT2D eigenvalue weighted by atomic mass is 10.1. The van der Waals surface area contributed by atoms with Gasteiger partial charge in [0.25, 0.3) is 0 Å². The Bertz CT molecular complexity index is 536. The number of imide groups is 1. The van der Waals surface area contributed by atoms with Crippen molar-refractivity contribution >= 4 is 11.8 Å². The molecule has 2 N–H and O–H groups in total. The molecule has 1 heterocycles. The summed E-state index contributed by atoms with van der Waals surface area (Å²) in [6, 6.07) is 7.31. The molecule has 4 nitrogen and oxygen atoms in total. The predicted molar refractivity (Wildman–Crippen MR) is 71.9 cm³/mol. The van der Waals surface area contributed by atoms with E-state index < -0.39 is 0 Å². The Hall–Kier alpha value is -2.12. The maximum atomic E-state index is 11.7. The summed E-state index contributed by atoms with van der Waals surface area (Å²) in [6.45, 7) is 2.19. The third-order valence-corrected chi connectivity index (χ3v) is 3.21. The standard InChI is InChI=1S/C15H16N2O2/c1-11(17-14(18)8-9-15(17)19)13-6-4-12(5-7-13)3-2-10-16/h4-7,11H,8-10,16H2,1H3. The van der Waals surface area contributed by atoms with Gasteiger partial charge >= 0.3 is 0 Å². The van der Waals surface area contributed by atoms with Crippen molar-refractivity contribution in [3.8, 4) is 11.8 Å². The largest absolute Gasteiger partial charge is 0.320 e. The van der Waals surface area contributed by atoms with Crippen molar-refractivity contribution in [2.75, 3.05) is 6.54 Å². The zero-order chi connectivity index (χ0) is 13.8. The molecule has 19 heavy (non-hydrogen) atoms. The number of nitrogens with two attached hydrogens (primary N) is 1. The minimum atomic E-state index is -0.223. The molecule has 2 amide bonds. The first-order chi connectivity index (χ1) is 9.13. The monoisotopic (exact) mass is 256 g/mol. The van der Waals surface area contributed by atoms with Crippen LogP contribution in [-0.2, 0) is 9.59 Å². The molecule has 0 radical (unpaired) electrons. The van der Waals surface area contributed by atoms with Gasteiger partial charge in [-0.2, -0.15) is 0 Å². The van der Waals surface area contributed by atoms with Gasteiger partial charge in [-0.15, -0.1) is 0 Å². The highest BCUT2D eigenvalue weighted by atomic mass is 16.2. The average Bonchev–Trinajstić information content (AvgIpc) is 2.76. The van der Waals surface area contributed by atoms with E-state index in [2.05, 4.69) is 11.8 Å². The molecule has 1 aliphatic rings. The molecule has 0 saturated carbocycles. The van der Waals surface area contributed by atoms with E-state index in [1.54, 1.807) is 0 Å². The van der Waals surface area contributed by atoms with Crippen molar-refractivity contribution in [2.45, 2.75) is 25.8 Å². The molecule has 98 valence electrons. The topological polar surface area (TPSA) is 63.4 Å². The van der Waals surface area contributed by atoms with E-state index in [0.29, 0.717) is 19.4 Å². The third-order valence-electron chi connectivity index (χ3n) is 3.21. The van der Waals surface area contributed by atoms with Crippen molar-refractivity contribution < 1.29 is 9.59 Å². The summed E-state index contributed by atoms with van der Waals surface area (Å²) in [4.78, 5) is 24.7. The van der Waals surface area contributed by atoms with Crippen LogP contribution >= 0.6 is 0 Å². The predicted octanol–water partition coefficient (Wildman–Crippen LogP) is 1.21. The Balaban J connectivity index is 2.17. The van der Waals surface area contributed by atoms with E-state index in [0.717, 1.165) is 11.1 Å². The molecule has 0 aromatic heterocycles. The van der Waals surface area contributed by atoms with E-state index >= 15 is 0 Å². The summed E-state index contributed by atoms with van der Waals surface area (Å²) >= 11 is 0. The summed E-state index contributed by atoms with van der Waals surface area (Å²) in [6.07, 6.45) is 0.645. The number of carbonyl (C=O) groups is 2. The number of hydrogen-bond donors (Lipinski definition) is 1. The summed E-state index contributed by atoms with van der Waals surface area (Å²) < 4.78 is 0. The zero-order valence-electron chi connectivity index (χ0n) is 10.8. The minimum Gasteiger partial charge on any atom is -0.320 e. The van der Waals surface area contributed by atoms with Gasteiger partial charge in [0, 0.05) is 18.4 Å². The Labute approximate surface area is 112 Å². The number of amides is 2. The van der Waals surface area contributed by atoms with Crippen molar-refractivity contribution in [3.05, 3.63) is 35.4 Å². The highest BCUT2D eigenvalue weighted by molar-refractivity contribution is 6.02. The highest BCUT2D eigenvalue weighted by Crippen LogP contribution is 2.26. The van der Waals surface area contributed by atoms with Crippen LogP contribution in [0.1, 0.15) is 36.9 Å². The van der Waals surface area contributed by atoms with Gasteiger partial charge < -0.3 is 5.73 Å². The molecular formula is C15H16N2O2. The summed E-state index contributed by atoms with van der Waals surface area (Å²) in [5.74, 6) is 5.53. The molecule has 2 rings (SSSR count). The number of nitrogens with zero attached hydrogens (tertiary/aromatic N) is 1. The molecule has 1 saturated heterocycles. The van der Waals surface area contributed by atoms with Crippen LogP contribution in [-0.4, -0.2) is 23.3 Å². The maximum absolute atomic E-state index is 11.7. The Morgan fingerprint density at radius 2 is 1.79 bits per heavy atom. The molecule has 1 aromatic rings. The van der Waals surface area contributed by atoms with Gasteiger partial charge in [-0.1, -0.05) is 24.0 Å². The fraction of sp³-hybridized carbons (Fsp3) is 0.333. The van der Waals surface area contributed by atoms with E-state index in [9.17, 15) is 9.59 Å².